The van der Waals surface area contributed by atoms with E-state index >= 15 is 0 Å². The summed E-state index contributed by atoms with van der Waals surface area (Å²) in [5, 5.41) is 6.75. The van der Waals surface area contributed by atoms with E-state index in [0.717, 1.165) is 41.3 Å². The zero-order valence-corrected chi connectivity index (χ0v) is 18.0. The zero-order chi connectivity index (χ0) is 21.1. The molecule has 4 rings (SSSR count). The highest BCUT2D eigenvalue weighted by atomic mass is 32.1. The molecule has 0 spiro atoms. The Morgan fingerprint density at radius 2 is 2.13 bits per heavy atom. The van der Waals surface area contributed by atoms with Crippen LogP contribution in [0.2, 0.25) is 0 Å². The number of aryl methyl sites for hydroxylation is 1. The van der Waals surface area contributed by atoms with Gasteiger partial charge >= 0.3 is 5.63 Å². The highest BCUT2D eigenvalue weighted by Gasteiger charge is 2.18. The molecule has 1 aliphatic rings. The van der Waals surface area contributed by atoms with Gasteiger partial charge in [0.15, 0.2) is 11.2 Å². The summed E-state index contributed by atoms with van der Waals surface area (Å²) in [5.41, 5.74) is 1.84. The number of amides is 1. The first-order valence-electron chi connectivity index (χ1n) is 10.2. The number of benzene rings is 1. The maximum Gasteiger partial charge on any atom is 0.336 e. The maximum atomic E-state index is 12.5. The van der Waals surface area contributed by atoms with Gasteiger partial charge in [-0.2, -0.15) is 0 Å². The second-order valence-electron chi connectivity index (χ2n) is 7.40. The van der Waals surface area contributed by atoms with Gasteiger partial charge in [0, 0.05) is 36.0 Å². The van der Waals surface area contributed by atoms with Crippen molar-refractivity contribution in [3.05, 3.63) is 51.3 Å². The van der Waals surface area contributed by atoms with E-state index in [1.165, 1.54) is 18.9 Å². The van der Waals surface area contributed by atoms with E-state index in [1.54, 1.807) is 30.4 Å². The van der Waals surface area contributed by atoms with Crippen molar-refractivity contribution < 1.29 is 13.9 Å². The third kappa shape index (κ3) is 4.48. The number of aromatic nitrogens is 1. The molecule has 1 aliphatic heterocycles. The number of hydrogen-bond donors (Lipinski definition) is 1. The number of thiazole rings is 1. The van der Waals surface area contributed by atoms with Gasteiger partial charge in [-0.15, -0.1) is 11.3 Å². The lowest BCUT2D eigenvalue weighted by Crippen LogP contribution is -2.36. The molecule has 1 aromatic carbocycles. The van der Waals surface area contributed by atoms with Gasteiger partial charge in [-0.25, -0.2) is 9.78 Å². The molecule has 7 nitrogen and oxygen atoms in total. The average Bonchev–Trinajstić information content (AvgIpc) is 3.42. The molecule has 0 saturated carbocycles. The molecule has 1 unspecified atom stereocenters. The van der Waals surface area contributed by atoms with Crippen LogP contribution < -0.4 is 20.6 Å². The Labute approximate surface area is 178 Å². The number of anilines is 1. The molecule has 0 bridgehead atoms. The first-order chi connectivity index (χ1) is 14.5. The van der Waals surface area contributed by atoms with Crippen LogP contribution >= 0.6 is 11.3 Å². The molecule has 1 saturated heterocycles. The van der Waals surface area contributed by atoms with Crippen molar-refractivity contribution in [3.8, 4) is 5.75 Å². The van der Waals surface area contributed by atoms with Gasteiger partial charge in [-0.3, -0.25) is 4.79 Å². The fraction of sp³-hybridized carbons (Fsp3) is 0.409. The Bertz CT molecular complexity index is 1100. The summed E-state index contributed by atoms with van der Waals surface area (Å²) in [7, 11) is 0. The highest BCUT2D eigenvalue weighted by molar-refractivity contribution is 7.13. The number of nitrogens with one attached hydrogen (secondary N) is 1. The van der Waals surface area contributed by atoms with Gasteiger partial charge in [0.05, 0.1) is 12.2 Å². The number of carbonyl (C=O) groups is 1. The van der Waals surface area contributed by atoms with Gasteiger partial charge in [0.1, 0.15) is 11.3 Å². The van der Waals surface area contributed by atoms with Crippen LogP contribution in [-0.4, -0.2) is 30.1 Å². The predicted octanol–water partition coefficient (Wildman–Crippen LogP) is 3.50. The fourth-order valence-corrected chi connectivity index (χ4v) is 4.47. The SMILES string of the molecule is CCc1cc(=O)oc2cc(OC(C)C(=O)NCc3csc(N4CCCC4)n3)ccc12. The smallest absolute Gasteiger partial charge is 0.336 e. The van der Waals surface area contributed by atoms with Crippen LogP contribution in [0.15, 0.2) is 38.9 Å². The fourth-order valence-electron chi connectivity index (χ4n) is 3.59. The molecule has 3 aromatic rings. The first-order valence-corrected chi connectivity index (χ1v) is 11.1. The van der Waals surface area contributed by atoms with Gasteiger partial charge in [-0.1, -0.05) is 6.92 Å². The van der Waals surface area contributed by atoms with Crippen LogP contribution in [0, 0.1) is 0 Å². The Morgan fingerprint density at radius 1 is 1.33 bits per heavy atom. The lowest BCUT2D eigenvalue weighted by Gasteiger charge is -2.15. The molecule has 1 atom stereocenters. The van der Waals surface area contributed by atoms with Gasteiger partial charge in [0.2, 0.25) is 0 Å². The first kappa shape index (κ1) is 20.4. The maximum absolute atomic E-state index is 12.5. The molecule has 2 aromatic heterocycles. The third-order valence-electron chi connectivity index (χ3n) is 5.22. The zero-order valence-electron chi connectivity index (χ0n) is 17.1. The Morgan fingerprint density at radius 3 is 2.90 bits per heavy atom. The summed E-state index contributed by atoms with van der Waals surface area (Å²) in [4.78, 5) is 31.1. The molecule has 1 amide bonds. The van der Waals surface area contributed by atoms with Crippen molar-refractivity contribution in [1.82, 2.24) is 10.3 Å². The van der Waals surface area contributed by atoms with Crippen LogP contribution in [-0.2, 0) is 17.8 Å². The van der Waals surface area contributed by atoms with Crippen LogP contribution in [0.3, 0.4) is 0 Å². The van der Waals surface area contributed by atoms with E-state index in [-0.39, 0.29) is 11.5 Å². The van der Waals surface area contributed by atoms with Crippen molar-refractivity contribution >= 4 is 33.3 Å². The monoisotopic (exact) mass is 427 g/mol. The second kappa shape index (κ2) is 8.87. The lowest BCUT2D eigenvalue weighted by molar-refractivity contribution is -0.127. The van der Waals surface area contributed by atoms with E-state index in [9.17, 15) is 9.59 Å². The van der Waals surface area contributed by atoms with E-state index < -0.39 is 6.10 Å². The lowest BCUT2D eigenvalue weighted by atomic mass is 10.1. The summed E-state index contributed by atoms with van der Waals surface area (Å²) < 4.78 is 11.1. The van der Waals surface area contributed by atoms with E-state index in [1.807, 2.05) is 18.4 Å². The van der Waals surface area contributed by atoms with Crippen LogP contribution in [0.5, 0.6) is 5.75 Å². The van der Waals surface area contributed by atoms with Crippen LogP contribution in [0.4, 0.5) is 5.13 Å². The second-order valence-corrected chi connectivity index (χ2v) is 8.23. The van der Waals surface area contributed by atoms with Crippen molar-refractivity contribution in [2.45, 2.75) is 45.8 Å². The minimum absolute atomic E-state index is 0.227. The average molecular weight is 428 g/mol. The number of ether oxygens (including phenoxy) is 1. The number of rotatable bonds is 7. The quantitative estimate of drug-likeness (QED) is 0.581. The summed E-state index contributed by atoms with van der Waals surface area (Å²) in [5.74, 6) is 0.251. The molecule has 1 fully saturated rings. The summed E-state index contributed by atoms with van der Waals surface area (Å²) in [6.07, 6.45) is 2.45. The normalized spacial score (nSPS) is 14.8. The molecular formula is C22H25N3O4S. The molecule has 1 N–H and O–H groups in total. The number of nitrogens with zero attached hydrogens (tertiary/aromatic N) is 2. The van der Waals surface area contributed by atoms with E-state index in [4.69, 9.17) is 9.15 Å². The van der Waals surface area contributed by atoms with E-state index in [2.05, 4.69) is 15.2 Å². The van der Waals surface area contributed by atoms with Crippen molar-refractivity contribution in [1.29, 1.82) is 0 Å². The summed E-state index contributed by atoms with van der Waals surface area (Å²) in [6.45, 7) is 6.14. The van der Waals surface area contributed by atoms with Crippen LogP contribution in [0.25, 0.3) is 11.0 Å². The molecule has 8 heteroatoms. The van der Waals surface area contributed by atoms with Crippen molar-refractivity contribution in [3.63, 3.8) is 0 Å². The third-order valence-corrected chi connectivity index (χ3v) is 6.17. The molecule has 3 heterocycles. The topological polar surface area (TPSA) is 84.7 Å². The molecule has 0 radical (unpaired) electrons. The standard InChI is InChI=1S/C22H25N3O4S/c1-3-15-10-20(26)29-19-11-17(6-7-18(15)19)28-14(2)21(27)23-12-16-13-30-22(24-16)25-8-4-5-9-25/h6-7,10-11,13-14H,3-5,8-9,12H2,1-2H3,(H,23,27). The number of fused-ring (bicyclic) bond motifs is 1. The molecule has 0 aliphatic carbocycles. The summed E-state index contributed by atoms with van der Waals surface area (Å²) >= 11 is 1.61. The van der Waals surface area contributed by atoms with E-state index in [0.29, 0.717) is 17.9 Å². The van der Waals surface area contributed by atoms with Gasteiger partial charge in [-0.05, 0) is 43.9 Å². The largest absolute Gasteiger partial charge is 0.481 e. The van der Waals surface area contributed by atoms with Gasteiger partial charge in [0.25, 0.3) is 5.91 Å². The van der Waals surface area contributed by atoms with Crippen molar-refractivity contribution in [2.75, 3.05) is 18.0 Å². The van der Waals surface area contributed by atoms with Crippen molar-refractivity contribution in [2.24, 2.45) is 0 Å². The minimum atomic E-state index is -0.694. The molecular weight excluding hydrogens is 402 g/mol. The predicted molar refractivity (Wildman–Crippen MR) is 117 cm³/mol. The highest BCUT2D eigenvalue weighted by Crippen LogP contribution is 2.25. The molecule has 30 heavy (non-hydrogen) atoms. The number of hydrogen-bond acceptors (Lipinski definition) is 7. The Kier molecular flexibility index (Phi) is 6.03. The minimum Gasteiger partial charge on any atom is -0.481 e. The van der Waals surface area contributed by atoms with Crippen LogP contribution in [0.1, 0.15) is 37.9 Å². The summed E-state index contributed by atoms with van der Waals surface area (Å²) in [6, 6.07) is 6.80. The Hall–Kier alpha value is -2.87. The number of carbonyl (C=O) groups excluding carboxylic acids is 1. The van der Waals surface area contributed by atoms with Gasteiger partial charge < -0.3 is 19.4 Å². The molecule has 158 valence electrons. The Balaban J connectivity index is 1.37.